The van der Waals surface area contributed by atoms with Crippen LogP contribution in [0, 0.1) is 0 Å². The van der Waals surface area contributed by atoms with Crippen molar-refractivity contribution < 1.29 is 38.7 Å². The third kappa shape index (κ3) is 4.97. The van der Waals surface area contributed by atoms with Gasteiger partial charge in [0.1, 0.15) is 24.1 Å². The summed E-state index contributed by atoms with van der Waals surface area (Å²) in [4.78, 5) is 11.3. The first-order valence-electron chi connectivity index (χ1n) is 11.2. The fourth-order valence-corrected chi connectivity index (χ4v) is 4.39. The molecule has 1 fully saturated rings. The summed E-state index contributed by atoms with van der Waals surface area (Å²) < 4.78 is 28.2. The maximum atomic E-state index is 11.3. The number of fused-ring (bicyclic) bond motifs is 1. The van der Waals surface area contributed by atoms with Crippen molar-refractivity contribution in [1.82, 2.24) is 5.32 Å². The van der Waals surface area contributed by atoms with Gasteiger partial charge in [-0.3, -0.25) is 4.79 Å². The minimum absolute atomic E-state index is 0.0939. The Bertz CT molecular complexity index is 1040. The molecular formula is C25H31NO8. The summed E-state index contributed by atoms with van der Waals surface area (Å²) >= 11 is 0. The lowest BCUT2D eigenvalue weighted by Gasteiger charge is -2.46. The minimum Gasteiger partial charge on any atom is -0.462 e. The number of rotatable bonds is 7. The van der Waals surface area contributed by atoms with E-state index < -0.39 is 30.2 Å². The number of nitrogens with one attached hydrogen (secondary N) is 1. The Morgan fingerprint density at radius 3 is 2.62 bits per heavy atom. The highest BCUT2D eigenvalue weighted by atomic mass is 16.7. The average molecular weight is 474 g/mol. The monoisotopic (exact) mass is 473 g/mol. The molecule has 3 N–H and O–H groups in total. The number of hydrogen-bond donors (Lipinski definition) is 3. The Labute approximate surface area is 198 Å². The molecule has 34 heavy (non-hydrogen) atoms. The van der Waals surface area contributed by atoms with Crippen LogP contribution in [0.4, 0.5) is 0 Å². The van der Waals surface area contributed by atoms with Gasteiger partial charge in [0.15, 0.2) is 11.5 Å². The number of amides is 1. The van der Waals surface area contributed by atoms with Crippen LogP contribution in [0.15, 0.2) is 36.4 Å². The molecule has 9 nitrogen and oxygen atoms in total. The van der Waals surface area contributed by atoms with E-state index in [0.717, 1.165) is 16.7 Å². The second-order valence-electron chi connectivity index (χ2n) is 8.96. The molecule has 0 aromatic heterocycles. The van der Waals surface area contributed by atoms with Crippen molar-refractivity contribution >= 4 is 5.91 Å². The van der Waals surface area contributed by atoms with Crippen molar-refractivity contribution in [3.8, 4) is 28.4 Å². The zero-order valence-corrected chi connectivity index (χ0v) is 19.7. The SMILES string of the molecule is CO[C@@H]1[C@@H](O)[C@@H](O)[C@H](Oc2ccc(CCNC(C)=O)c(-c3ccc4c(c3)OCO4)c2)OC1(C)C. The molecule has 0 bridgehead atoms. The zero-order chi connectivity index (χ0) is 24.5. The number of benzene rings is 2. The summed E-state index contributed by atoms with van der Waals surface area (Å²) in [7, 11) is 1.46. The fourth-order valence-electron chi connectivity index (χ4n) is 4.39. The highest BCUT2D eigenvalue weighted by Crippen LogP contribution is 2.39. The van der Waals surface area contributed by atoms with Gasteiger partial charge in [0.2, 0.25) is 19.0 Å². The molecule has 184 valence electrons. The van der Waals surface area contributed by atoms with Gasteiger partial charge >= 0.3 is 0 Å². The van der Waals surface area contributed by atoms with E-state index in [1.54, 1.807) is 19.9 Å². The molecule has 4 rings (SSSR count). The Morgan fingerprint density at radius 1 is 1.12 bits per heavy atom. The number of ether oxygens (including phenoxy) is 5. The highest BCUT2D eigenvalue weighted by Gasteiger charge is 2.50. The smallest absolute Gasteiger partial charge is 0.231 e. The van der Waals surface area contributed by atoms with Gasteiger partial charge in [-0.1, -0.05) is 12.1 Å². The predicted octanol–water partition coefficient (Wildman–Crippen LogP) is 2.01. The second-order valence-corrected chi connectivity index (χ2v) is 8.96. The van der Waals surface area contributed by atoms with Crippen molar-refractivity contribution in [2.75, 3.05) is 20.4 Å². The summed E-state index contributed by atoms with van der Waals surface area (Å²) in [6.45, 7) is 5.69. The Kier molecular flexibility index (Phi) is 6.99. The molecule has 0 spiro atoms. The second kappa shape index (κ2) is 9.79. The van der Waals surface area contributed by atoms with Gasteiger partial charge in [-0.25, -0.2) is 0 Å². The van der Waals surface area contributed by atoms with E-state index >= 15 is 0 Å². The standard InChI is InChI=1S/C25H31NO8/c1-14(27)26-10-9-15-5-7-17(12-18(15)16-6-8-19-20(11-16)32-13-31-19)33-24-22(29)21(28)23(30-4)25(2,3)34-24/h5-8,11-12,21-24,28-29H,9-10,13H2,1-4H3,(H,26,27)/t21-,22+,23+,24+/m0/s1. The van der Waals surface area contributed by atoms with Gasteiger partial charge in [0, 0.05) is 20.6 Å². The van der Waals surface area contributed by atoms with Crippen molar-refractivity contribution in [2.24, 2.45) is 0 Å². The number of carbonyl (C=O) groups is 1. The van der Waals surface area contributed by atoms with Gasteiger partial charge in [-0.15, -0.1) is 0 Å². The zero-order valence-electron chi connectivity index (χ0n) is 19.7. The highest BCUT2D eigenvalue weighted by molar-refractivity contribution is 5.74. The van der Waals surface area contributed by atoms with Gasteiger partial charge in [0.05, 0.1) is 5.60 Å². The molecule has 0 saturated carbocycles. The lowest BCUT2D eigenvalue weighted by atomic mass is 9.89. The number of methoxy groups -OCH3 is 1. The first-order chi connectivity index (χ1) is 16.2. The van der Waals surface area contributed by atoms with Crippen LogP contribution in [0.2, 0.25) is 0 Å². The Morgan fingerprint density at radius 2 is 1.88 bits per heavy atom. The summed E-state index contributed by atoms with van der Waals surface area (Å²) in [5.74, 6) is 1.69. The van der Waals surface area contributed by atoms with Crippen LogP contribution in [0.3, 0.4) is 0 Å². The molecule has 1 saturated heterocycles. The van der Waals surface area contributed by atoms with Crippen molar-refractivity contribution in [2.45, 2.75) is 57.4 Å². The first kappa shape index (κ1) is 24.3. The maximum absolute atomic E-state index is 11.3. The van der Waals surface area contributed by atoms with E-state index in [1.165, 1.54) is 14.0 Å². The van der Waals surface area contributed by atoms with E-state index in [1.807, 2.05) is 30.3 Å². The van der Waals surface area contributed by atoms with Crippen LogP contribution in [0.25, 0.3) is 11.1 Å². The summed E-state index contributed by atoms with van der Waals surface area (Å²) in [6, 6.07) is 11.2. The minimum atomic E-state index is -1.30. The van der Waals surface area contributed by atoms with E-state index in [4.69, 9.17) is 23.7 Å². The Hall–Kier alpha value is -2.85. The van der Waals surface area contributed by atoms with Crippen LogP contribution >= 0.6 is 0 Å². The average Bonchev–Trinajstić information content (AvgIpc) is 3.26. The number of aliphatic hydroxyl groups is 2. The lowest BCUT2D eigenvalue weighted by Crippen LogP contribution is -2.63. The quantitative estimate of drug-likeness (QED) is 0.559. The van der Waals surface area contributed by atoms with Gasteiger partial charge in [-0.05, 0) is 61.2 Å². The number of aliphatic hydroxyl groups excluding tert-OH is 2. The largest absolute Gasteiger partial charge is 0.462 e. The van der Waals surface area contributed by atoms with Crippen LogP contribution in [-0.4, -0.2) is 66.8 Å². The third-order valence-electron chi connectivity index (χ3n) is 6.08. The molecule has 2 aliphatic heterocycles. The number of hydrogen-bond acceptors (Lipinski definition) is 8. The Balaban J connectivity index is 1.62. The molecular weight excluding hydrogens is 442 g/mol. The lowest BCUT2D eigenvalue weighted by molar-refractivity contribution is -0.305. The fraction of sp³-hybridized carbons (Fsp3) is 0.480. The molecule has 2 aliphatic rings. The van der Waals surface area contributed by atoms with Crippen LogP contribution in [-0.2, 0) is 20.7 Å². The van der Waals surface area contributed by atoms with Crippen molar-refractivity contribution in [3.05, 3.63) is 42.0 Å². The van der Waals surface area contributed by atoms with Gasteiger partial charge < -0.3 is 39.2 Å². The van der Waals surface area contributed by atoms with E-state index in [0.29, 0.717) is 30.2 Å². The molecule has 0 radical (unpaired) electrons. The molecule has 9 heteroatoms. The molecule has 0 unspecified atom stereocenters. The van der Waals surface area contributed by atoms with Crippen LogP contribution < -0.4 is 19.5 Å². The van der Waals surface area contributed by atoms with E-state index in [2.05, 4.69) is 5.32 Å². The molecule has 4 atom stereocenters. The van der Waals surface area contributed by atoms with Gasteiger partial charge in [0.25, 0.3) is 0 Å². The first-order valence-corrected chi connectivity index (χ1v) is 11.2. The molecule has 1 amide bonds. The normalized spacial score (nSPS) is 25.1. The summed E-state index contributed by atoms with van der Waals surface area (Å²) in [6.07, 6.45) is -3.67. The van der Waals surface area contributed by atoms with Crippen molar-refractivity contribution in [1.29, 1.82) is 0 Å². The third-order valence-corrected chi connectivity index (χ3v) is 6.08. The number of carbonyl (C=O) groups excluding carboxylic acids is 1. The molecule has 2 aromatic carbocycles. The molecule has 2 heterocycles. The summed E-state index contributed by atoms with van der Waals surface area (Å²) in [5, 5.41) is 23.9. The van der Waals surface area contributed by atoms with Gasteiger partial charge in [-0.2, -0.15) is 0 Å². The summed E-state index contributed by atoms with van der Waals surface area (Å²) in [5.41, 5.74) is 1.87. The van der Waals surface area contributed by atoms with Crippen LogP contribution in [0.1, 0.15) is 26.3 Å². The topological polar surface area (TPSA) is 116 Å². The molecule has 0 aliphatic carbocycles. The molecule has 2 aromatic rings. The van der Waals surface area contributed by atoms with E-state index in [9.17, 15) is 15.0 Å². The van der Waals surface area contributed by atoms with E-state index in [-0.39, 0.29) is 12.7 Å². The van der Waals surface area contributed by atoms with Crippen LogP contribution in [0.5, 0.6) is 17.2 Å². The predicted molar refractivity (Wildman–Crippen MR) is 123 cm³/mol. The van der Waals surface area contributed by atoms with Crippen molar-refractivity contribution in [3.63, 3.8) is 0 Å². The maximum Gasteiger partial charge on any atom is 0.231 e.